The Morgan fingerprint density at radius 1 is 1.06 bits per heavy atom. The molecule has 1 aromatic heterocycles. The molecule has 7 nitrogen and oxygen atoms in total. The van der Waals surface area contributed by atoms with Gasteiger partial charge in [-0.05, 0) is 65.7 Å². The summed E-state index contributed by atoms with van der Waals surface area (Å²) < 4.78 is 20.2. The highest BCUT2D eigenvalue weighted by molar-refractivity contribution is 6.30. The fourth-order valence-corrected chi connectivity index (χ4v) is 3.78. The van der Waals surface area contributed by atoms with Crippen LogP contribution in [0.15, 0.2) is 78.9 Å². The van der Waals surface area contributed by atoms with Crippen molar-refractivity contribution in [3.63, 3.8) is 0 Å². The number of ether oxygens (including phenoxy) is 1. The Hall–Kier alpha value is -4.17. The minimum Gasteiger partial charge on any atom is -0.497 e. The number of halogens is 2. The molecule has 5 rings (SSSR count). The smallest absolute Gasteiger partial charge is 0.258 e. The molecule has 0 bridgehead atoms. The number of nitrogens with zero attached hydrogens (tertiary/aromatic N) is 3. The van der Waals surface area contributed by atoms with Crippen molar-refractivity contribution in [3.8, 4) is 5.75 Å². The van der Waals surface area contributed by atoms with Crippen molar-refractivity contribution < 1.29 is 13.9 Å². The van der Waals surface area contributed by atoms with Gasteiger partial charge in [-0.3, -0.25) is 10.1 Å². The molecule has 3 aromatic carbocycles. The van der Waals surface area contributed by atoms with Crippen LogP contribution in [0, 0.1) is 5.82 Å². The lowest BCUT2D eigenvalue weighted by atomic mass is 10.0. The fraction of sp³-hybridized carbons (Fsp3) is 0.0800. The van der Waals surface area contributed by atoms with Gasteiger partial charge in [0.15, 0.2) is 0 Å². The molecule has 0 saturated carbocycles. The van der Waals surface area contributed by atoms with Gasteiger partial charge >= 0.3 is 0 Å². The van der Waals surface area contributed by atoms with E-state index in [1.165, 1.54) is 24.3 Å². The summed E-state index contributed by atoms with van der Waals surface area (Å²) in [6.07, 6.45) is 2.03. The van der Waals surface area contributed by atoms with Crippen LogP contribution >= 0.6 is 11.6 Å². The summed E-state index contributed by atoms with van der Waals surface area (Å²) in [5.41, 5.74) is 3.01. The van der Waals surface area contributed by atoms with Gasteiger partial charge in [-0.1, -0.05) is 35.9 Å². The highest BCUT2D eigenvalue weighted by Crippen LogP contribution is 2.34. The minimum absolute atomic E-state index is 0.126. The molecule has 2 N–H and O–H groups in total. The number of methoxy groups -OCH3 is 1. The lowest BCUT2D eigenvalue weighted by Gasteiger charge is -2.24. The number of benzene rings is 3. The Kier molecular flexibility index (Phi) is 5.73. The topological polar surface area (TPSA) is 81.1 Å². The zero-order valence-electron chi connectivity index (χ0n) is 18.0. The third-order valence-electron chi connectivity index (χ3n) is 5.41. The van der Waals surface area contributed by atoms with Crippen LogP contribution in [0.1, 0.15) is 27.5 Å². The van der Waals surface area contributed by atoms with E-state index in [1.54, 1.807) is 11.8 Å². The molecule has 0 radical (unpaired) electrons. The first-order valence-electron chi connectivity index (χ1n) is 10.4. The predicted molar refractivity (Wildman–Crippen MR) is 129 cm³/mol. The number of carbonyl (C=O) groups is 1. The van der Waals surface area contributed by atoms with Crippen molar-refractivity contribution in [1.82, 2.24) is 14.8 Å². The number of nitrogens with one attached hydrogen (secondary N) is 2. The molecule has 0 fully saturated rings. The maximum Gasteiger partial charge on any atom is 0.258 e. The van der Waals surface area contributed by atoms with Crippen molar-refractivity contribution in [2.75, 3.05) is 17.7 Å². The van der Waals surface area contributed by atoms with Crippen molar-refractivity contribution in [1.29, 1.82) is 0 Å². The fourth-order valence-electron chi connectivity index (χ4n) is 3.66. The summed E-state index contributed by atoms with van der Waals surface area (Å²) in [6.45, 7) is 0. The molecule has 34 heavy (non-hydrogen) atoms. The number of rotatable bonds is 5. The monoisotopic (exact) mass is 475 g/mol. The third-order valence-corrected chi connectivity index (χ3v) is 5.66. The van der Waals surface area contributed by atoms with Crippen LogP contribution in [0.5, 0.6) is 5.75 Å². The second kappa shape index (κ2) is 8.99. The first-order valence-corrected chi connectivity index (χ1v) is 10.8. The second-order valence-corrected chi connectivity index (χ2v) is 8.03. The summed E-state index contributed by atoms with van der Waals surface area (Å²) in [7, 11) is 1.61. The number of allylic oxidation sites excluding steroid dienone is 1. The van der Waals surface area contributed by atoms with Gasteiger partial charge in [0.1, 0.15) is 17.6 Å². The molecule has 0 spiro atoms. The Balaban J connectivity index is 1.50. The molecule has 0 aliphatic carbocycles. The zero-order valence-corrected chi connectivity index (χ0v) is 18.8. The SMILES string of the molecule is COc1ccc([C@H]2C=C(c3ccc(Cl)cc3)Nc3nc(NC(=O)c4ccc(F)cc4)nn32)cc1. The number of anilines is 2. The van der Waals surface area contributed by atoms with Gasteiger partial charge in [0.2, 0.25) is 5.95 Å². The molecule has 170 valence electrons. The number of carbonyl (C=O) groups excluding carboxylic acids is 1. The van der Waals surface area contributed by atoms with Gasteiger partial charge in [0, 0.05) is 16.3 Å². The van der Waals surface area contributed by atoms with Gasteiger partial charge in [0.05, 0.1) is 7.11 Å². The number of aromatic nitrogens is 3. The number of hydrogen-bond donors (Lipinski definition) is 2. The lowest BCUT2D eigenvalue weighted by molar-refractivity contribution is 0.102. The number of amides is 1. The number of fused-ring (bicyclic) bond motifs is 1. The molecule has 1 aliphatic rings. The summed E-state index contributed by atoms with van der Waals surface area (Å²) in [5.74, 6) is 0.476. The summed E-state index contributed by atoms with van der Waals surface area (Å²) in [4.78, 5) is 17.1. The van der Waals surface area contributed by atoms with Crippen LogP contribution in [-0.4, -0.2) is 27.8 Å². The van der Waals surface area contributed by atoms with Gasteiger partial charge in [-0.15, -0.1) is 5.10 Å². The van der Waals surface area contributed by atoms with Crippen LogP contribution in [0.2, 0.25) is 5.02 Å². The molecule has 1 amide bonds. The van der Waals surface area contributed by atoms with Crippen molar-refractivity contribution in [2.24, 2.45) is 0 Å². The van der Waals surface area contributed by atoms with Crippen molar-refractivity contribution >= 4 is 35.1 Å². The third kappa shape index (κ3) is 4.35. The molecule has 0 saturated heterocycles. The van der Waals surface area contributed by atoms with Crippen molar-refractivity contribution in [2.45, 2.75) is 6.04 Å². The van der Waals surface area contributed by atoms with Crippen LogP contribution in [0.25, 0.3) is 5.70 Å². The van der Waals surface area contributed by atoms with E-state index in [0.29, 0.717) is 16.5 Å². The maximum absolute atomic E-state index is 13.2. The number of hydrogen-bond acceptors (Lipinski definition) is 5. The average Bonchev–Trinajstić information content (AvgIpc) is 3.26. The molecule has 4 aromatic rings. The molecule has 2 heterocycles. The largest absolute Gasteiger partial charge is 0.497 e. The lowest BCUT2D eigenvalue weighted by Crippen LogP contribution is -2.20. The van der Waals surface area contributed by atoms with E-state index in [-0.39, 0.29) is 12.0 Å². The summed E-state index contributed by atoms with van der Waals surface area (Å²) in [5, 5.41) is 11.1. The van der Waals surface area contributed by atoms with Crippen LogP contribution in [0.4, 0.5) is 16.3 Å². The molecular formula is C25H19ClFN5O2. The van der Waals surface area contributed by atoms with Gasteiger partial charge in [-0.2, -0.15) is 4.98 Å². The molecular weight excluding hydrogens is 457 g/mol. The van der Waals surface area contributed by atoms with Gasteiger partial charge < -0.3 is 10.1 Å². The average molecular weight is 476 g/mol. The van der Waals surface area contributed by atoms with E-state index in [0.717, 1.165) is 22.6 Å². The van der Waals surface area contributed by atoms with E-state index in [9.17, 15) is 9.18 Å². The Labute approximate surface area is 199 Å². The Bertz CT molecular complexity index is 1370. The maximum atomic E-state index is 13.2. The van der Waals surface area contributed by atoms with Crippen molar-refractivity contribution in [3.05, 3.63) is 106 Å². The van der Waals surface area contributed by atoms with Crippen LogP contribution < -0.4 is 15.4 Å². The normalized spacial score (nSPS) is 14.6. The van der Waals surface area contributed by atoms with Gasteiger partial charge in [0.25, 0.3) is 11.9 Å². The highest BCUT2D eigenvalue weighted by Gasteiger charge is 2.26. The standard InChI is InChI=1S/C25H19ClFN5O2/c1-34-20-12-6-16(7-13-20)22-14-21(15-2-8-18(26)9-3-15)28-25-30-24(31-32(22)25)29-23(33)17-4-10-19(27)11-5-17/h2-14,22H,1H3,(H2,28,29,30,31,33)/t22-/m1/s1. The summed E-state index contributed by atoms with van der Waals surface area (Å²) >= 11 is 6.06. The van der Waals surface area contributed by atoms with E-state index in [2.05, 4.69) is 20.7 Å². The predicted octanol–water partition coefficient (Wildman–Crippen LogP) is 5.39. The first kappa shape index (κ1) is 21.7. The van der Waals surface area contributed by atoms with E-state index in [1.807, 2.05) is 54.6 Å². The minimum atomic E-state index is -0.435. The van der Waals surface area contributed by atoms with Crippen LogP contribution in [-0.2, 0) is 0 Å². The quantitative estimate of drug-likeness (QED) is 0.404. The second-order valence-electron chi connectivity index (χ2n) is 7.59. The molecule has 0 unspecified atom stereocenters. The van der Waals surface area contributed by atoms with E-state index < -0.39 is 11.7 Å². The first-order chi connectivity index (χ1) is 16.5. The Morgan fingerprint density at radius 3 is 2.44 bits per heavy atom. The van der Waals surface area contributed by atoms with Crippen LogP contribution in [0.3, 0.4) is 0 Å². The van der Waals surface area contributed by atoms with Gasteiger partial charge in [-0.25, -0.2) is 9.07 Å². The summed E-state index contributed by atoms with van der Waals surface area (Å²) in [6, 6.07) is 20.1. The molecule has 9 heteroatoms. The Morgan fingerprint density at radius 2 is 1.76 bits per heavy atom. The van der Waals surface area contributed by atoms with E-state index >= 15 is 0 Å². The highest BCUT2D eigenvalue weighted by atomic mass is 35.5. The van der Waals surface area contributed by atoms with E-state index in [4.69, 9.17) is 16.3 Å². The zero-order chi connectivity index (χ0) is 23.7. The molecule has 1 atom stereocenters. The molecule has 1 aliphatic heterocycles.